The molecule has 0 radical (unpaired) electrons. The second-order valence-corrected chi connectivity index (χ2v) is 7.84. The number of aromatic hydroxyl groups is 1. The first kappa shape index (κ1) is 12.9. The Morgan fingerprint density at radius 2 is 1.55 bits per heavy atom. The van der Waals surface area contributed by atoms with Crippen LogP contribution in [0.5, 0.6) is 5.88 Å². The number of rotatable bonds is 3. The highest BCUT2D eigenvalue weighted by molar-refractivity contribution is 5.18. The maximum absolute atomic E-state index is 10.3. The lowest BCUT2D eigenvalue weighted by Crippen LogP contribution is -2.48. The highest BCUT2D eigenvalue weighted by Gasteiger charge is 2.50. The van der Waals surface area contributed by atoms with E-state index in [0.717, 1.165) is 30.2 Å². The molecule has 3 nitrogen and oxygen atoms in total. The summed E-state index contributed by atoms with van der Waals surface area (Å²) in [4.78, 5) is 0. The quantitative estimate of drug-likeness (QED) is 0.910. The van der Waals surface area contributed by atoms with Gasteiger partial charge in [0.15, 0.2) is 0 Å². The van der Waals surface area contributed by atoms with Gasteiger partial charge in [0, 0.05) is 0 Å². The van der Waals surface area contributed by atoms with Crippen molar-refractivity contribution in [2.75, 3.05) is 0 Å². The third-order valence-electron chi connectivity index (χ3n) is 6.42. The van der Waals surface area contributed by atoms with Gasteiger partial charge < -0.3 is 5.11 Å². The van der Waals surface area contributed by atoms with E-state index in [1.54, 1.807) is 0 Å². The van der Waals surface area contributed by atoms with Crippen molar-refractivity contribution >= 4 is 0 Å². The van der Waals surface area contributed by atoms with Crippen molar-refractivity contribution in [1.29, 1.82) is 0 Å². The largest absolute Gasteiger partial charge is 0.492 e. The lowest BCUT2D eigenvalue weighted by atomic mass is 9.54. The van der Waals surface area contributed by atoms with E-state index in [1.165, 1.54) is 37.7 Å². The van der Waals surface area contributed by atoms with Crippen LogP contribution in [-0.4, -0.2) is 14.5 Å². The first-order valence-electron chi connectivity index (χ1n) is 8.78. The summed E-state index contributed by atoms with van der Waals surface area (Å²) in [6.45, 7) is 0.869. The highest BCUT2D eigenvalue weighted by atomic mass is 16.3. The molecule has 2 aromatic rings. The van der Waals surface area contributed by atoms with Crippen LogP contribution in [-0.2, 0) is 6.54 Å². The number of benzene rings is 1. The van der Waals surface area contributed by atoms with Crippen LogP contribution in [0.3, 0.4) is 0 Å². The summed E-state index contributed by atoms with van der Waals surface area (Å²) in [6.07, 6.45) is 8.94. The molecule has 4 aliphatic carbocycles. The highest BCUT2D eigenvalue weighted by Crippen LogP contribution is 2.59. The molecule has 22 heavy (non-hydrogen) atoms. The Balaban J connectivity index is 1.44. The third kappa shape index (κ3) is 1.87. The molecule has 0 unspecified atom stereocenters. The Bertz CT molecular complexity index is 641. The predicted octanol–water partition coefficient (Wildman–Crippen LogP) is 4.04. The van der Waals surface area contributed by atoms with Crippen LogP contribution in [0.4, 0.5) is 0 Å². The Morgan fingerprint density at radius 1 is 0.909 bits per heavy atom. The van der Waals surface area contributed by atoms with Gasteiger partial charge in [-0.15, -0.1) is 0 Å². The van der Waals surface area contributed by atoms with Gasteiger partial charge in [-0.2, -0.15) is 0 Å². The second kappa shape index (κ2) is 4.68. The Kier molecular flexibility index (Phi) is 2.73. The minimum Gasteiger partial charge on any atom is -0.492 e. The van der Waals surface area contributed by atoms with Gasteiger partial charge in [-0.3, -0.25) is 4.68 Å². The summed E-state index contributed by atoms with van der Waals surface area (Å²) in [5, 5.41) is 10.3. The van der Waals surface area contributed by atoms with Gasteiger partial charge in [0.05, 0.1) is 18.8 Å². The third-order valence-corrected chi connectivity index (χ3v) is 6.42. The average Bonchev–Trinajstić information content (AvgIpc) is 2.50. The Morgan fingerprint density at radius 3 is 2.14 bits per heavy atom. The van der Waals surface area contributed by atoms with Gasteiger partial charge in [-0.05, 0) is 61.3 Å². The van der Waals surface area contributed by atoms with E-state index in [0.29, 0.717) is 11.9 Å². The van der Waals surface area contributed by atoms with Crippen LogP contribution in [0, 0.1) is 23.7 Å². The minimum atomic E-state index is 0.480. The van der Waals surface area contributed by atoms with Crippen molar-refractivity contribution in [1.82, 2.24) is 9.36 Å². The van der Waals surface area contributed by atoms with Crippen molar-refractivity contribution in [3.63, 3.8) is 0 Å². The normalized spacial score (nSPS) is 36.1. The molecular weight excluding hydrogens is 272 g/mol. The number of hydrogen-bond acceptors (Lipinski definition) is 1. The molecule has 0 atom stereocenters. The monoisotopic (exact) mass is 296 g/mol. The number of aromatic nitrogens is 2. The van der Waals surface area contributed by atoms with E-state index in [9.17, 15) is 5.11 Å². The van der Waals surface area contributed by atoms with Gasteiger partial charge >= 0.3 is 0 Å². The van der Waals surface area contributed by atoms with Gasteiger partial charge in [0.2, 0.25) is 5.88 Å². The summed E-state index contributed by atoms with van der Waals surface area (Å²) >= 11 is 0. The zero-order valence-electron chi connectivity index (χ0n) is 12.9. The van der Waals surface area contributed by atoms with Crippen molar-refractivity contribution in [3.05, 3.63) is 42.1 Å². The van der Waals surface area contributed by atoms with Gasteiger partial charge in [-0.25, -0.2) is 4.68 Å². The topological polar surface area (TPSA) is 30.1 Å². The van der Waals surface area contributed by atoms with E-state index in [4.69, 9.17) is 0 Å². The molecule has 4 bridgehead atoms. The molecule has 1 N–H and O–H groups in total. The summed E-state index contributed by atoms with van der Waals surface area (Å²) in [5.41, 5.74) is 1.31. The smallest absolute Gasteiger partial charge is 0.224 e. The maximum atomic E-state index is 10.3. The van der Waals surface area contributed by atoms with Crippen LogP contribution in [0.25, 0.3) is 0 Å². The summed E-state index contributed by atoms with van der Waals surface area (Å²) in [7, 11) is 0. The molecular formula is C19H24N2O. The molecule has 0 amide bonds. The van der Waals surface area contributed by atoms with E-state index in [1.807, 2.05) is 6.20 Å². The number of hydrogen-bond donors (Lipinski definition) is 1. The lowest BCUT2D eigenvalue weighted by molar-refractivity contribution is -0.0450. The average molecular weight is 296 g/mol. The number of nitrogens with zero attached hydrogens (tertiary/aromatic N) is 2. The lowest BCUT2D eigenvalue weighted by Gasteiger charge is -2.55. The molecule has 0 saturated heterocycles. The molecule has 4 aliphatic rings. The summed E-state index contributed by atoms with van der Waals surface area (Å²) < 4.78 is 4.46. The molecule has 4 fully saturated rings. The molecule has 1 heterocycles. The van der Waals surface area contributed by atoms with E-state index < -0.39 is 0 Å². The zero-order chi connectivity index (χ0) is 14.7. The standard InChI is InChI=1S/C19H24N2O/c22-18-12-20(11-13-4-2-1-3-5-13)21(18)19-16-7-14-6-15(9-16)10-17(19)8-14/h1-5,12,14-17,19,22H,6-11H2. The second-order valence-electron chi connectivity index (χ2n) is 7.84. The van der Waals surface area contributed by atoms with Gasteiger partial charge in [-0.1, -0.05) is 30.3 Å². The Hall–Kier alpha value is -1.64. The van der Waals surface area contributed by atoms with Crippen molar-refractivity contribution in [3.8, 4) is 5.88 Å². The van der Waals surface area contributed by atoms with E-state index in [-0.39, 0.29) is 0 Å². The maximum Gasteiger partial charge on any atom is 0.224 e. The van der Waals surface area contributed by atoms with Crippen LogP contribution in [0.15, 0.2) is 36.5 Å². The molecule has 1 aromatic heterocycles. The first-order valence-corrected chi connectivity index (χ1v) is 8.78. The van der Waals surface area contributed by atoms with Crippen molar-refractivity contribution in [2.45, 2.75) is 44.7 Å². The van der Waals surface area contributed by atoms with Crippen LogP contribution in [0.2, 0.25) is 0 Å². The molecule has 116 valence electrons. The predicted molar refractivity (Wildman–Crippen MR) is 85.7 cm³/mol. The van der Waals surface area contributed by atoms with E-state index >= 15 is 0 Å². The van der Waals surface area contributed by atoms with Crippen LogP contribution >= 0.6 is 0 Å². The van der Waals surface area contributed by atoms with Crippen LogP contribution < -0.4 is 0 Å². The van der Waals surface area contributed by atoms with E-state index in [2.05, 4.69) is 39.7 Å². The summed E-state index contributed by atoms with van der Waals surface area (Å²) in [5.74, 6) is 4.03. The molecule has 0 spiro atoms. The molecule has 6 rings (SSSR count). The SMILES string of the molecule is Oc1cn(Cc2ccccc2)n1C1C2CC3CC(C2)CC1C3. The molecule has 1 aromatic carbocycles. The fraction of sp³-hybridized carbons (Fsp3) is 0.579. The fourth-order valence-corrected chi connectivity index (χ4v) is 5.84. The van der Waals surface area contributed by atoms with Crippen molar-refractivity contribution < 1.29 is 5.11 Å². The Labute approximate surface area is 131 Å². The molecule has 4 saturated carbocycles. The zero-order valence-corrected chi connectivity index (χ0v) is 12.9. The van der Waals surface area contributed by atoms with Crippen LogP contribution in [0.1, 0.15) is 43.7 Å². The molecule has 3 heteroatoms. The first-order chi connectivity index (χ1) is 10.8. The minimum absolute atomic E-state index is 0.480. The van der Waals surface area contributed by atoms with Gasteiger partial charge in [0.1, 0.15) is 0 Å². The van der Waals surface area contributed by atoms with Crippen molar-refractivity contribution in [2.24, 2.45) is 23.7 Å². The van der Waals surface area contributed by atoms with Gasteiger partial charge in [0.25, 0.3) is 0 Å². The molecule has 0 aliphatic heterocycles. The summed E-state index contributed by atoms with van der Waals surface area (Å²) in [6, 6.07) is 11.1. The fourth-order valence-electron chi connectivity index (χ4n) is 5.84.